The molecule has 144 valence electrons. The van der Waals surface area contributed by atoms with E-state index in [0.29, 0.717) is 25.9 Å². The number of nitrogens with one attached hydrogen (secondary N) is 2. The normalized spacial score (nSPS) is 23.9. The fraction of sp³-hybridized carbons (Fsp3) is 0.632. The first kappa shape index (κ1) is 19.2. The lowest BCUT2D eigenvalue weighted by atomic mass is 9.71. The van der Waals surface area contributed by atoms with Crippen molar-refractivity contribution in [3.63, 3.8) is 0 Å². The number of carbonyl (C=O) groups excluding carboxylic acids is 1. The molecule has 1 aliphatic carbocycles. The van der Waals surface area contributed by atoms with Crippen LogP contribution in [0.2, 0.25) is 0 Å². The number of fused-ring (bicyclic) bond motifs is 1. The average Bonchev–Trinajstić information content (AvgIpc) is 2.57. The molecule has 2 amide bonds. The van der Waals surface area contributed by atoms with Crippen molar-refractivity contribution < 1.29 is 13.2 Å². The predicted molar refractivity (Wildman–Crippen MR) is 103 cm³/mol. The summed E-state index contributed by atoms with van der Waals surface area (Å²) in [4.78, 5) is 12.5. The SMILES string of the molecule is CC1(C)CCC(NC(=O)NC2CCN(S(C)(=O)=O)CC2)c2ccccc21. The molecule has 6 nitrogen and oxygen atoms in total. The van der Waals surface area contributed by atoms with Crippen molar-refractivity contribution in [3.8, 4) is 0 Å². The third kappa shape index (κ3) is 4.20. The van der Waals surface area contributed by atoms with Gasteiger partial charge in [0, 0.05) is 19.1 Å². The molecule has 1 aliphatic heterocycles. The van der Waals surface area contributed by atoms with Crippen LogP contribution in [-0.2, 0) is 15.4 Å². The lowest BCUT2D eigenvalue weighted by molar-refractivity contribution is 0.221. The monoisotopic (exact) mass is 379 g/mol. The minimum absolute atomic E-state index is 0.0169. The highest BCUT2D eigenvalue weighted by Crippen LogP contribution is 2.41. The van der Waals surface area contributed by atoms with E-state index in [9.17, 15) is 13.2 Å². The quantitative estimate of drug-likeness (QED) is 0.847. The smallest absolute Gasteiger partial charge is 0.315 e. The number of piperidine rings is 1. The first-order chi connectivity index (χ1) is 12.2. The van der Waals surface area contributed by atoms with Gasteiger partial charge in [-0.05, 0) is 42.2 Å². The Morgan fingerprint density at radius 2 is 1.77 bits per heavy atom. The maximum absolute atomic E-state index is 12.5. The van der Waals surface area contributed by atoms with Gasteiger partial charge in [0.05, 0.1) is 12.3 Å². The maximum Gasteiger partial charge on any atom is 0.315 e. The highest BCUT2D eigenvalue weighted by Gasteiger charge is 2.33. The fourth-order valence-electron chi connectivity index (χ4n) is 4.08. The second-order valence-corrected chi connectivity index (χ2v) is 10.1. The van der Waals surface area contributed by atoms with Gasteiger partial charge < -0.3 is 10.6 Å². The number of benzene rings is 1. The van der Waals surface area contributed by atoms with Crippen LogP contribution in [0.15, 0.2) is 24.3 Å². The lowest BCUT2D eigenvalue weighted by Crippen LogP contribution is -2.50. The van der Waals surface area contributed by atoms with Crippen LogP contribution in [0, 0.1) is 0 Å². The van der Waals surface area contributed by atoms with Crippen LogP contribution in [0.3, 0.4) is 0 Å². The molecule has 1 aromatic rings. The fourth-order valence-corrected chi connectivity index (χ4v) is 4.95. The molecule has 0 spiro atoms. The molecule has 2 aliphatic rings. The van der Waals surface area contributed by atoms with Crippen LogP contribution < -0.4 is 10.6 Å². The van der Waals surface area contributed by atoms with Crippen molar-refractivity contribution in [3.05, 3.63) is 35.4 Å². The van der Waals surface area contributed by atoms with Crippen LogP contribution in [-0.4, -0.2) is 44.1 Å². The van der Waals surface area contributed by atoms with E-state index in [2.05, 4.69) is 42.7 Å². The molecule has 0 bridgehead atoms. The second kappa shape index (κ2) is 7.19. The van der Waals surface area contributed by atoms with Crippen molar-refractivity contribution in [1.29, 1.82) is 0 Å². The van der Waals surface area contributed by atoms with E-state index in [0.717, 1.165) is 12.8 Å². The van der Waals surface area contributed by atoms with Gasteiger partial charge in [-0.3, -0.25) is 0 Å². The first-order valence-electron chi connectivity index (χ1n) is 9.28. The zero-order chi connectivity index (χ0) is 18.9. The summed E-state index contributed by atoms with van der Waals surface area (Å²) < 4.78 is 24.6. The molecule has 1 unspecified atom stereocenters. The average molecular weight is 380 g/mol. The topological polar surface area (TPSA) is 78.5 Å². The van der Waals surface area contributed by atoms with Crippen molar-refractivity contribution in [2.45, 2.75) is 57.0 Å². The molecule has 1 aromatic carbocycles. The number of hydrogen-bond donors (Lipinski definition) is 2. The third-order valence-electron chi connectivity index (χ3n) is 5.69. The van der Waals surface area contributed by atoms with Crippen LogP contribution in [0.25, 0.3) is 0 Å². The Bertz CT molecular complexity index is 768. The number of nitrogens with zero attached hydrogens (tertiary/aromatic N) is 1. The van der Waals surface area contributed by atoms with E-state index in [1.807, 2.05) is 6.07 Å². The third-order valence-corrected chi connectivity index (χ3v) is 6.99. The summed E-state index contributed by atoms with van der Waals surface area (Å²) >= 11 is 0. The second-order valence-electron chi connectivity index (χ2n) is 8.12. The van der Waals surface area contributed by atoms with Crippen LogP contribution >= 0.6 is 0 Å². The Balaban J connectivity index is 1.58. The molecule has 0 saturated carbocycles. The molecule has 1 heterocycles. The van der Waals surface area contributed by atoms with Crippen molar-refractivity contribution in [1.82, 2.24) is 14.9 Å². The number of hydrogen-bond acceptors (Lipinski definition) is 3. The Morgan fingerprint density at radius 3 is 2.42 bits per heavy atom. The van der Waals surface area contributed by atoms with Gasteiger partial charge in [0.15, 0.2) is 0 Å². The Morgan fingerprint density at radius 1 is 1.12 bits per heavy atom. The van der Waals surface area contributed by atoms with E-state index in [4.69, 9.17) is 0 Å². The standard InChI is InChI=1S/C19H29N3O3S/c1-19(2)11-8-17(15-6-4-5-7-16(15)19)21-18(23)20-14-9-12-22(13-10-14)26(3,24)25/h4-7,14,17H,8-13H2,1-3H3,(H2,20,21,23). The van der Waals surface area contributed by atoms with Crippen molar-refractivity contribution in [2.24, 2.45) is 0 Å². The zero-order valence-corrected chi connectivity index (χ0v) is 16.6. The molecular formula is C19H29N3O3S. The zero-order valence-electron chi connectivity index (χ0n) is 15.8. The van der Waals surface area contributed by atoms with E-state index in [1.54, 1.807) is 0 Å². The summed E-state index contributed by atoms with van der Waals surface area (Å²) in [5, 5.41) is 6.14. The first-order valence-corrected chi connectivity index (χ1v) is 11.1. The lowest BCUT2D eigenvalue weighted by Gasteiger charge is -2.37. The largest absolute Gasteiger partial charge is 0.335 e. The number of sulfonamides is 1. The summed E-state index contributed by atoms with van der Waals surface area (Å²) in [7, 11) is -3.14. The molecule has 1 saturated heterocycles. The van der Waals surface area contributed by atoms with Crippen molar-refractivity contribution >= 4 is 16.1 Å². The Hall–Kier alpha value is -1.60. The summed E-state index contributed by atoms with van der Waals surface area (Å²) in [5.41, 5.74) is 2.63. The van der Waals surface area contributed by atoms with Crippen LogP contribution in [0.4, 0.5) is 4.79 Å². The molecule has 7 heteroatoms. The predicted octanol–water partition coefficient (Wildman–Crippen LogP) is 2.52. The minimum atomic E-state index is -3.14. The maximum atomic E-state index is 12.5. The van der Waals surface area contributed by atoms with E-state index in [-0.39, 0.29) is 23.5 Å². The highest BCUT2D eigenvalue weighted by molar-refractivity contribution is 7.88. The van der Waals surface area contributed by atoms with Crippen LogP contribution in [0.5, 0.6) is 0 Å². The Labute approximate surface area is 156 Å². The summed E-state index contributed by atoms with van der Waals surface area (Å²) in [5.74, 6) is 0. The Kier molecular flexibility index (Phi) is 5.30. The molecule has 2 N–H and O–H groups in total. The molecule has 1 atom stereocenters. The number of amides is 2. The highest BCUT2D eigenvalue weighted by atomic mass is 32.2. The van der Waals surface area contributed by atoms with Gasteiger partial charge in [-0.15, -0.1) is 0 Å². The summed E-state index contributed by atoms with van der Waals surface area (Å²) in [6.07, 6.45) is 4.48. The van der Waals surface area contributed by atoms with Crippen LogP contribution in [0.1, 0.15) is 56.7 Å². The molecule has 3 rings (SSSR count). The van der Waals surface area contributed by atoms with Gasteiger partial charge in [-0.1, -0.05) is 38.1 Å². The van der Waals surface area contributed by atoms with E-state index >= 15 is 0 Å². The molecule has 0 radical (unpaired) electrons. The van der Waals surface area contributed by atoms with Crippen molar-refractivity contribution in [2.75, 3.05) is 19.3 Å². The minimum Gasteiger partial charge on any atom is -0.335 e. The van der Waals surface area contributed by atoms with Gasteiger partial charge >= 0.3 is 6.03 Å². The summed E-state index contributed by atoms with van der Waals surface area (Å²) in [6.45, 7) is 5.42. The molecular weight excluding hydrogens is 350 g/mol. The van der Waals surface area contributed by atoms with Gasteiger partial charge in [-0.25, -0.2) is 17.5 Å². The molecule has 26 heavy (non-hydrogen) atoms. The van der Waals surface area contributed by atoms with Gasteiger partial charge in [-0.2, -0.15) is 0 Å². The summed E-state index contributed by atoms with van der Waals surface area (Å²) in [6, 6.07) is 8.21. The van der Waals surface area contributed by atoms with Gasteiger partial charge in [0.25, 0.3) is 0 Å². The number of carbonyl (C=O) groups is 1. The van der Waals surface area contributed by atoms with Gasteiger partial charge in [0.2, 0.25) is 10.0 Å². The number of rotatable bonds is 3. The molecule has 1 fully saturated rings. The number of urea groups is 1. The van der Waals surface area contributed by atoms with Gasteiger partial charge in [0.1, 0.15) is 0 Å². The van der Waals surface area contributed by atoms with E-state index in [1.165, 1.54) is 21.7 Å². The molecule has 0 aromatic heterocycles. The van der Waals surface area contributed by atoms with E-state index < -0.39 is 10.0 Å².